The van der Waals surface area contributed by atoms with Crippen molar-refractivity contribution in [2.24, 2.45) is 5.92 Å². The molecule has 7 rings (SSSR count). The van der Waals surface area contributed by atoms with E-state index in [2.05, 4.69) is 35.5 Å². The number of imidazole rings is 1. The topological polar surface area (TPSA) is 125 Å². The zero-order valence-electron chi connectivity index (χ0n) is 19.4. The lowest BCUT2D eigenvalue weighted by molar-refractivity contribution is -0.117. The highest BCUT2D eigenvalue weighted by Gasteiger charge is 2.29. The number of halogens is 1. The van der Waals surface area contributed by atoms with Crippen LogP contribution in [-0.2, 0) is 4.79 Å². The summed E-state index contributed by atoms with van der Waals surface area (Å²) in [7, 11) is 0. The minimum Gasteiger partial charge on any atom is -0.336 e. The Morgan fingerprint density at radius 1 is 1.00 bits per heavy atom. The highest BCUT2D eigenvalue weighted by Crippen LogP contribution is 2.33. The van der Waals surface area contributed by atoms with Gasteiger partial charge in [0.25, 0.3) is 0 Å². The number of aromatic nitrogens is 7. The van der Waals surface area contributed by atoms with Gasteiger partial charge >= 0.3 is 0 Å². The Kier molecular flexibility index (Phi) is 4.78. The molecule has 0 saturated heterocycles. The molecule has 3 N–H and O–H groups in total. The van der Waals surface area contributed by atoms with E-state index in [1.165, 1.54) is 6.07 Å². The van der Waals surface area contributed by atoms with Crippen molar-refractivity contribution < 1.29 is 9.18 Å². The minimum absolute atomic E-state index is 0.0219. The van der Waals surface area contributed by atoms with Crippen LogP contribution in [0, 0.1) is 11.7 Å². The van der Waals surface area contributed by atoms with Gasteiger partial charge in [0.15, 0.2) is 5.82 Å². The first-order valence-electron chi connectivity index (χ1n) is 11.8. The molecule has 1 fully saturated rings. The average Bonchev–Trinajstić information content (AvgIpc) is 3.55. The Bertz CT molecular complexity index is 1820. The van der Waals surface area contributed by atoms with E-state index < -0.39 is 0 Å². The van der Waals surface area contributed by atoms with Crippen LogP contribution in [0.4, 0.5) is 10.1 Å². The molecule has 0 unspecified atom stereocenters. The van der Waals surface area contributed by atoms with E-state index in [-0.39, 0.29) is 17.6 Å². The number of carbonyl (C=O) groups is 1. The molecule has 0 aliphatic heterocycles. The second-order valence-corrected chi connectivity index (χ2v) is 9.03. The van der Waals surface area contributed by atoms with Gasteiger partial charge in [0.1, 0.15) is 22.7 Å². The van der Waals surface area contributed by atoms with Gasteiger partial charge in [-0.1, -0.05) is 12.1 Å². The number of hydrogen-bond acceptors (Lipinski definition) is 6. The molecule has 10 heteroatoms. The summed E-state index contributed by atoms with van der Waals surface area (Å²) in [6.07, 6.45) is 8.51. The Balaban J connectivity index is 1.29. The van der Waals surface area contributed by atoms with E-state index in [0.29, 0.717) is 39.7 Å². The number of hydrogen-bond donors (Lipinski definition) is 3. The maximum atomic E-state index is 14.5. The molecule has 1 aromatic carbocycles. The van der Waals surface area contributed by atoms with Crippen molar-refractivity contribution >= 4 is 33.5 Å². The quantitative estimate of drug-likeness (QED) is 0.308. The number of amides is 1. The third kappa shape index (κ3) is 3.79. The Morgan fingerprint density at radius 3 is 2.76 bits per heavy atom. The lowest BCUT2D eigenvalue weighted by Gasteiger charge is -2.06. The van der Waals surface area contributed by atoms with Crippen LogP contribution in [0.2, 0.25) is 0 Å². The van der Waals surface area contributed by atoms with Crippen LogP contribution in [0.3, 0.4) is 0 Å². The fourth-order valence-electron chi connectivity index (χ4n) is 4.39. The molecule has 6 aromatic rings. The number of nitrogens with zero attached hydrogens (tertiary/aromatic N) is 5. The molecule has 0 spiro atoms. The molecule has 5 heterocycles. The van der Waals surface area contributed by atoms with Crippen LogP contribution in [-0.4, -0.2) is 41.0 Å². The molecule has 1 saturated carbocycles. The fourth-order valence-corrected chi connectivity index (χ4v) is 4.39. The summed E-state index contributed by atoms with van der Waals surface area (Å²) in [5.74, 6) is 0.280. The van der Waals surface area contributed by atoms with Crippen LogP contribution >= 0.6 is 0 Å². The Hall–Kier alpha value is -4.99. The second-order valence-electron chi connectivity index (χ2n) is 9.03. The van der Waals surface area contributed by atoms with Crippen molar-refractivity contribution in [2.75, 3.05) is 5.32 Å². The highest BCUT2D eigenvalue weighted by molar-refractivity contribution is 5.97. The third-order valence-corrected chi connectivity index (χ3v) is 6.45. The highest BCUT2D eigenvalue weighted by atomic mass is 19.1. The summed E-state index contributed by atoms with van der Waals surface area (Å²) in [5.41, 5.74) is 5.51. The smallest absolute Gasteiger partial charge is 0.227 e. The SMILES string of the molecule is O=C(Nc1cncc(-c2cc3c(-c4nc5c(-c6ccccc6F)nccc5[nH]4)n[nH]c3cn2)c1)C1CC1. The van der Waals surface area contributed by atoms with Crippen LogP contribution in [0.25, 0.3) is 56.0 Å². The number of aromatic amines is 2. The van der Waals surface area contributed by atoms with E-state index >= 15 is 0 Å². The third-order valence-electron chi connectivity index (χ3n) is 6.45. The predicted octanol–water partition coefficient (Wildman–Crippen LogP) is 5.11. The van der Waals surface area contributed by atoms with Gasteiger partial charge in [-0.15, -0.1) is 0 Å². The molecule has 1 amide bonds. The summed E-state index contributed by atoms with van der Waals surface area (Å²) < 4.78 is 14.5. The molecule has 9 nitrogen and oxygen atoms in total. The monoisotopic (exact) mass is 490 g/mol. The molecule has 1 aliphatic carbocycles. The lowest BCUT2D eigenvalue weighted by atomic mass is 10.1. The van der Waals surface area contributed by atoms with Crippen molar-refractivity contribution in [2.45, 2.75) is 12.8 Å². The van der Waals surface area contributed by atoms with E-state index in [1.807, 2.05) is 12.1 Å². The van der Waals surface area contributed by atoms with Crippen molar-refractivity contribution in [3.8, 4) is 34.0 Å². The molecule has 0 radical (unpaired) electrons. The van der Waals surface area contributed by atoms with Gasteiger partial charge in [0, 0.05) is 34.8 Å². The number of nitrogens with one attached hydrogen (secondary N) is 3. The molecule has 37 heavy (non-hydrogen) atoms. The van der Waals surface area contributed by atoms with Gasteiger partial charge < -0.3 is 10.3 Å². The van der Waals surface area contributed by atoms with E-state index in [9.17, 15) is 9.18 Å². The zero-order valence-corrected chi connectivity index (χ0v) is 19.4. The Labute approximate surface area is 209 Å². The molecule has 1 aliphatic rings. The van der Waals surface area contributed by atoms with Crippen LogP contribution in [0.1, 0.15) is 12.8 Å². The van der Waals surface area contributed by atoms with Gasteiger partial charge in [-0.05, 0) is 43.2 Å². The van der Waals surface area contributed by atoms with E-state index in [1.54, 1.807) is 49.1 Å². The van der Waals surface area contributed by atoms with Gasteiger partial charge in [0.05, 0.1) is 34.8 Å². The van der Waals surface area contributed by atoms with Crippen molar-refractivity contribution in [3.05, 3.63) is 73.1 Å². The van der Waals surface area contributed by atoms with Crippen LogP contribution in [0.5, 0.6) is 0 Å². The standard InChI is InChI=1S/C27H19FN8O/c28-19-4-2-1-3-17(19)23-25-20(7-8-30-23)33-26(34-25)24-18-10-21(31-13-22(18)35-36-24)15-9-16(12-29-11-15)32-27(37)14-5-6-14/h1-4,7-14H,5-6H2,(H,32,37)(H,33,34)(H,35,36). The van der Waals surface area contributed by atoms with Gasteiger partial charge in [0.2, 0.25) is 5.91 Å². The fraction of sp³-hybridized carbons (Fsp3) is 0.111. The first kappa shape index (κ1) is 21.3. The molecule has 0 atom stereocenters. The predicted molar refractivity (Wildman–Crippen MR) is 137 cm³/mol. The molecule has 180 valence electrons. The van der Waals surface area contributed by atoms with E-state index in [4.69, 9.17) is 4.98 Å². The van der Waals surface area contributed by atoms with Crippen molar-refractivity contribution in [1.29, 1.82) is 0 Å². The number of anilines is 1. The zero-order chi connectivity index (χ0) is 24.9. The molecule has 0 bridgehead atoms. The normalized spacial score (nSPS) is 13.3. The van der Waals surface area contributed by atoms with Crippen LogP contribution < -0.4 is 5.32 Å². The first-order valence-corrected chi connectivity index (χ1v) is 11.8. The summed E-state index contributed by atoms with van der Waals surface area (Å²) in [6.45, 7) is 0. The van der Waals surface area contributed by atoms with Crippen molar-refractivity contribution in [1.82, 2.24) is 35.1 Å². The number of H-pyrrole nitrogens is 2. The van der Waals surface area contributed by atoms with Gasteiger partial charge in [-0.2, -0.15) is 5.10 Å². The summed E-state index contributed by atoms with van der Waals surface area (Å²) >= 11 is 0. The van der Waals surface area contributed by atoms with Gasteiger partial charge in [-0.25, -0.2) is 9.37 Å². The first-order chi connectivity index (χ1) is 18.1. The van der Waals surface area contributed by atoms with Crippen LogP contribution in [0.15, 0.2) is 67.3 Å². The maximum Gasteiger partial charge on any atom is 0.227 e. The largest absolute Gasteiger partial charge is 0.336 e. The molecular formula is C27H19FN8O. The summed E-state index contributed by atoms with van der Waals surface area (Å²) in [5, 5.41) is 11.2. The number of benzene rings is 1. The Morgan fingerprint density at radius 2 is 1.89 bits per heavy atom. The summed E-state index contributed by atoms with van der Waals surface area (Å²) in [4.78, 5) is 33.4. The minimum atomic E-state index is -0.364. The number of rotatable bonds is 5. The number of pyridine rings is 3. The number of fused-ring (bicyclic) bond motifs is 2. The molecule has 5 aromatic heterocycles. The summed E-state index contributed by atoms with van der Waals surface area (Å²) in [6, 6.07) is 12.1. The second kappa shape index (κ2) is 8.30. The lowest BCUT2D eigenvalue weighted by Crippen LogP contribution is -2.13. The average molecular weight is 491 g/mol. The maximum absolute atomic E-state index is 14.5. The molecular weight excluding hydrogens is 471 g/mol. The number of carbonyl (C=O) groups excluding carboxylic acids is 1. The van der Waals surface area contributed by atoms with E-state index in [0.717, 1.165) is 34.8 Å². The van der Waals surface area contributed by atoms with Gasteiger partial charge in [-0.3, -0.25) is 24.8 Å². The van der Waals surface area contributed by atoms with Crippen molar-refractivity contribution in [3.63, 3.8) is 0 Å².